The number of benzene rings is 2. The summed E-state index contributed by atoms with van der Waals surface area (Å²) >= 11 is 5.77. The van der Waals surface area contributed by atoms with E-state index < -0.39 is 23.4 Å². The van der Waals surface area contributed by atoms with Gasteiger partial charge in [-0.05, 0) is 30.3 Å². The molecule has 0 aliphatic heterocycles. The van der Waals surface area contributed by atoms with Crippen molar-refractivity contribution in [2.45, 2.75) is 0 Å². The fraction of sp³-hybridized carbons (Fsp3) is 0. The molecule has 0 aromatic heterocycles. The van der Waals surface area contributed by atoms with Crippen molar-refractivity contribution < 1.29 is 24.9 Å². The monoisotopic (exact) mass is 307 g/mol. The van der Waals surface area contributed by atoms with Crippen molar-refractivity contribution in [3.05, 3.63) is 52.5 Å². The van der Waals surface area contributed by atoms with Crippen molar-refractivity contribution in [3.63, 3.8) is 0 Å². The number of amides is 1. The van der Waals surface area contributed by atoms with Crippen LogP contribution in [0.1, 0.15) is 20.7 Å². The second-order valence-electron chi connectivity index (χ2n) is 4.16. The Bertz CT molecular complexity index is 709. The summed E-state index contributed by atoms with van der Waals surface area (Å²) in [4.78, 5) is 22.9. The molecule has 0 aliphatic rings. The lowest BCUT2D eigenvalue weighted by Gasteiger charge is -2.09. The number of carbonyl (C=O) groups excluding carboxylic acids is 1. The maximum absolute atomic E-state index is 12.0. The number of aromatic hydroxyl groups is 2. The fourth-order valence-electron chi connectivity index (χ4n) is 1.74. The average Bonchev–Trinajstić information content (AvgIpc) is 2.37. The SMILES string of the molecule is O=C(O)c1cc(Cl)cc(NC(=O)c2c(O)cccc2O)c1. The minimum atomic E-state index is -1.20. The zero-order valence-electron chi connectivity index (χ0n) is 10.5. The second kappa shape index (κ2) is 5.72. The second-order valence-corrected chi connectivity index (χ2v) is 4.60. The van der Waals surface area contributed by atoms with E-state index in [2.05, 4.69) is 5.32 Å². The molecule has 2 aromatic rings. The molecule has 0 aliphatic carbocycles. The first-order chi connectivity index (χ1) is 9.88. The lowest BCUT2D eigenvalue weighted by atomic mass is 10.1. The van der Waals surface area contributed by atoms with Gasteiger partial charge < -0.3 is 20.6 Å². The Morgan fingerprint density at radius 3 is 2.24 bits per heavy atom. The van der Waals surface area contributed by atoms with Gasteiger partial charge in [-0.2, -0.15) is 0 Å². The number of carboxylic acids is 1. The molecule has 7 heteroatoms. The number of carboxylic acid groups (broad SMARTS) is 1. The molecule has 0 heterocycles. The molecule has 2 rings (SSSR count). The zero-order chi connectivity index (χ0) is 15.6. The number of aromatic carboxylic acids is 1. The van der Waals surface area contributed by atoms with Gasteiger partial charge in [0, 0.05) is 10.7 Å². The molecule has 6 nitrogen and oxygen atoms in total. The fourth-order valence-corrected chi connectivity index (χ4v) is 1.97. The Hall–Kier alpha value is -2.73. The van der Waals surface area contributed by atoms with Gasteiger partial charge in [0.05, 0.1) is 5.56 Å². The van der Waals surface area contributed by atoms with Gasteiger partial charge in [0.25, 0.3) is 5.91 Å². The lowest BCUT2D eigenvalue weighted by molar-refractivity contribution is 0.0696. The van der Waals surface area contributed by atoms with E-state index >= 15 is 0 Å². The number of rotatable bonds is 3. The van der Waals surface area contributed by atoms with Crippen LogP contribution >= 0.6 is 11.6 Å². The summed E-state index contributed by atoms with van der Waals surface area (Å²) in [6.45, 7) is 0. The van der Waals surface area contributed by atoms with Gasteiger partial charge in [0.2, 0.25) is 0 Å². The van der Waals surface area contributed by atoms with Crippen LogP contribution in [0.25, 0.3) is 0 Å². The Morgan fingerprint density at radius 2 is 1.67 bits per heavy atom. The molecule has 1 amide bonds. The summed E-state index contributed by atoms with van der Waals surface area (Å²) in [6, 6.07) is 7.66. The standard InChI is InChI=1S/C14H10ClNO5/c15-8-4-7(14(20)21)5-9(6-8)16-13(19)12-10(17)2-1-3-11(12)18/h1-6,17-18H,(H,16,19)(H,20,21). The first-order valence-corrected chi connectivity index (χ1v) is 6.12. The highest BCUT2D eigenvalue weighted by Gasteiger charge is 2.17. The van der Waals surface area contributed by atoms with Crippen LogP contribution in [0.5, 0.6) is 11.5 Å². The van der Waals surface area contributed by atoms with Crippen molar-refractivity contribution in [1.29, 1.82) is 0 Å². The minimum Gasteiger partial charge on any atom is -0.507 e. The molecule has 0 saturated heterocycles. The molecule has 0 spiro atoms. The van der Waals surface area contributed by atoms with Crippen LogP contribution in [0.4, 0.5) is 5.69 Å². The third-order valence-electron chi connectivity index (χ3n) is 2.65. The quantitative estimate of drug-likeness (QED) is 0.697. The van der Waals surface area contributed by atoms with Gasteiger partial charge >= 0.3 is 5.97 Å². The van der Waals surface area contributed by atoms with Gasteiger partial charge in [-0.3, -0.25) is 4.79 Å². The third kappa shape index (κ3) is 3.24. The summed E-state index contributed by atoms with van der Waals surface area (Å²) < 4.78 is 0. The summed E-state index contributed by atoms with van der Waals surface area (Å²) in [5.41, 5.74) is -0.277. The molecular formula is C14H10ClNO5. The number of carbonyl (C=O) groups is 2. The van der Waals surface area contributed by atoms with Gasteiger partial charge in [-0.1, -0.05) is 17.7 Å². The molecule has 0 radical (unpaired) electrons. The highest BCUT2D eigenvalue weighted by Crippen LogP contribution is 2.28. The molecule has 4 N–H and O–H groups in total. The highest BCUT2D eigenvalue weighted by atomic mass is 35.5. The predicted octanol–water partition coefficient (Wildman–Crippen LogP) is 2.70. The number of nitrogens with one attached hydrogen (secondary N) is 1. The predicted molar refractivity (Wildman–Crippen MR) is 76.1 cm³/mol. The molecule has 2 aromatic carbocycles. The van der Waals surface area contributed by atoms with Crippen LogP contribution in [0.15, 0.2) is 36.4 Å². The topological polar surface area (TPSA) is 107 Å². The molecule has 108 valence electrons. The largest absolute Gasteiger partial charge is 0.507 e. The first-order valence-electron chi connectivity index (χ1n) is 5.74. The summed E-state index contributed by atoms with van der Waals surface area (Å²) in [7, 11) is 0. The summed E-state index contributed by atoms with van der Waals surface area (Å²) in [6.07, 6.45) is 0. The summed E-state index contributed by atoms with van der Waals surface area (Å²) in [5.74, 6) is -2.77. The minimum absolute atomic E-state index is 0.0979. The van der Waals surface area contributed by atoms with E-state index in [1.807, 2.05) is 0 Å². The molecule has 21 heavy (non-hydrogen) atoms. The van der Waals surface area contributed by atoms with Crippen molar-refractivity contribution >= 4 is 29.2 Å². The molecule has 0 atom stereocenters. The third-order valence-corrected chi connectivity index (χ3v) is 2.87. The number of phenolic OH excluding ortho intramolecular Hbond substituents is 2. The Morgan fingerprint density at radius 1 is 1.05 bits per heavy atom. The van der Waals surface area contributed by atoms with Crippen molar-refractivity contribution in [3.8, 4) is 11.5 Å². The van der Waals surface area contributed by atoms with E-state index in [-0.39, 0.29) is 21.8 Å². The maximum Gasteiger partial charge on any atom is 0.335 e. The normalized spacial score (nSPS) is 10.1. The smallest absolute Gasteiger partial charge is 0.335 e. The number of hydrogen-bond acceptors (Lipinski definition) is 4. The van der Waals surface area contributed by atoms with Crippen molar-refractivity contribution in [2.75, 3.05) is 5.32 Å². The van der Waals surface area contributed by atoms with E-state index in [1.54, 1.807) is 0 Å². The van der Waals surface area contributed by atoms with Gasteiger partial charge in [-0.15, -0.1) is 0 Å². The van der Waals surface area contributed by atoms with Gasteiger partial charge in [0.1, 0.15) is 17.1 Å². The average molecular weight is 308 g/mol. The number of phenols is 2. The van der Waals surface area contributed by atoms with E-state index in [9.17, 15) is 19.8 Å². The number of anilines is 1. The van der Waals surface area contributed by atoms with Crippen molar-refractivity contribution in [2.24, 2.45) is 0 Å². The van der Waals surface area contributed by atoms with E-state index in [0.29, 0.717) is 0 Å². The first kappa shape index (κ1) is 14.7. The van der Waals surface area contributed by atoms with Gasteiger partial charge in [-0.25, -0.2) is 4.79 Å². The van der Waals surface area contributed by atoms with E-state index in [4.69, 9.17) is 16.7 Å². The molecule has 0 bridgehead atoms. The highest BCUT2D eigenvalue weighted by molar-refractivity contribution is 6.31. The van der Waals surface area contributed by atoms with Gasteiger partial charge in [0.15, 0.2) is 0 Å². The van der Waals surface area contributed by atoms with Crippen LogP contribution in [0, 0.1) is 0 Å². The lowest BCUT2D eigenvalue weighted by Crippen LogP contribution is -2.13. The Kier molecular flexibility index (Phi) is 4.00. The number of halogens is 1. The van der Waals surface area contributed by atoms with Crippen LogP contribution in [-0.2, 0) is 0 Å². The molecular weight excluding hydrogens is 298 g/mol. The molecule has 0 saturated carbocycles. The van der Waals surface area contributed by atoms with Crippen LogP contribution in [0.3, 0.4) is 0 Å². The molecule has 0 fully saturated rings. The summed E-state index contributed by atoms with van der Waals surface area (Å²) in [5, 5.41) is 30.6. The van der Waals surface area contributed by atoms with Crippen LogP contribution in [-0.4, -0.2) is 27.2 Å². The Balaban J connectivity index is 2.34. The Labute approximate surface area is 124 Å². The number of hydrogen-bond donors (Lipinski definition) is 4. The van der Waals surface area contributed by atoms with E-state index in [1.165, 1.54) is 36.4 Å². The molecule has 0 unspecified atom stereocenters. The van der Waals surface area contributed by atoms with Crippen molar-refractivity contribution in [1.82, 2.24) is 0 Å². The van der Waals surface area contributed by atoms with Crippen LogP contribution < -0.4 is 5.32 Å². The van der Waals surface area contributed by atoms with E-state index in [0.717, 1.165) is 0 Å². The zero-order valence-corrected chi connectivity index (χ0v) is 11.3. The maximum atomic E-state index is 12.0. The van der Waals surface area contributed by atoms with Crippen LogP contribution in [0.2, 0.25) is 5.02 Å².